The van der Waals surface area contributed by atoms with Gasteiger partial charge < -0.3 is 15.4 Å². The third kappa shape index (κ3) is 6.81. The molecule has 0 spiro atoms. The van der Waals surface area contributed by atoms with Gasteiger partial charge in [-0.2, -0.15) is 4.31 Å². The van der Waals surface area contributed by atoms with Crippen LogP contribution in [0.2, 0.25) is 5.02 Å². The van der Waals surface area contributed by atoms with Crippen molar-refractivity contribution in [1.82, 2.24) is 14.9 Å². The normalized spacial score (nSPS) is 16.6. The number of hydrogen-bond donors (Lipinski definition) is 2. The minimum atomic E-state index is -3.28. The van der Waals surface area contributed by atoms with Crippen LogP contribution in [-0.4, -0.2) is 63.8 Å². The summed E-state index contributed by atoms with van der Waals surface area (Å²) in [6, 6.07) is 7.50. The number of halogens is 1. The fraction of sp³-hybridized carbons (Fsp3) is 0.562. The van der Waals surface area contributed by atoms with Gasteiger partial charge in [-0.3, -0.25) is 0 Å². The van der Waals surface area contributed by atoms with Gasteiger partial charge in [0.1, 0.15) is 0 Å². The van der Waals surface area contributed by atoms with E-state index in [0.29, 0.717) is 56.9 Å². The first-order valence-corrected chi connectivity index (χ1v) is 10.3. The van der Waals surface area contributed by atoms with E-state index in [0.717, 1.165) is 5.56 Å². The van der Waals surface area contributed by atoms with Crippen molar-refractivity contribution in [3.63, 3.8) is 0 Å². The summed E-state index contributed by atoms with van der Waals surface area (Å²) < 4.78 is 31.3. The lowest BCUT2D eigenvalue weighted by Gasteiger charge is -2.26. The number of hydrogen-bond acceptors (Lipinski definition) is 4. The predicted molar refractivity (Wildman–Crippen MR) is 100 cm³/mol. The lowest BCUT2D eigenvalue weighted by molar-refractivity contribution is 0.0730. The van der Waals surface area contributed by atoms with Crippen molar-refractivity contribution < 1.29 is 13.2 Å². The molecule has 0 aromatic heterocycles. The maximum atomic E-state index is 12.3. The van der Waals surface area contributed by atoms with Crippen LogP contribution in [0.25, 0.3) is 0 Å². The molecule has 0 saturated carbocycles. The number of nitrogens with zero attached hydrogens (tertiary/aromatic N) is 2. The third-order valence-corrected chi connectivity index (χ3v) is 5.78. The molecule has 0 aliphatic carbocycles. The number of aliphatic imine (C=N–C) groups is 1. The molecule has 0 unspecified atom stereocenters. The van der Waals surface area contributed by atoms with Crippen molar-refractivity contribution in [2.45, 2.75) is 13.5 Å². The zero-order chi connectivity index (χ0) is 18.1. The molecule has 2 rings (SSSR count). The molecule has 1 saturated heterocycles. The van der Waals surface area contributed by atoms with E-state index in [2.05, 4.69) is 15.6 Å². The summed E-state index contributed by atoms with van der Waals surface area (Å²) in [4.78, 5) is 4.46. The van der Waals surface area contributed by atoms with Crippen molar-refractivity contribution >= 4 is 27.6 Å². The summed E-state index contributed by atoms with van der Waals surface area (Å²) >= 11 is 5.97. The Morgan fingerprint density at radius 3 is 2.76 bits per heavy atom. The van der Waals surface area contributed by atoms with Gasteiger partial charge in [0.2, 0.25) is 10.0 Å². The molecule has 1 aromatic carbocycles. The number of sulfonamides is 1. The second kappa shape index (κ2) is 9.96. The Morgan fingerprint density at radius 2 is 2.08 bits per heavy atom. The molecule has 1 aromatic rings. The maximum absolute atomic E-state index is 12.3. The van der Waals surface area contributed by atoms with Crippen LogP contribution in [0.3, 0.4) is 0 Å². The van der Waals surface area contributed by atoms with Gasteiger partial charge in [0.25, 0.3) is 0 Å². The van der Waals surface area contributed by atoms with E-state index in [4.69, 9.17) is 16.3 Å². The standard InChI is InChI=1S/C16H25ClN4O3S/c1-2-18-16(20-13-14-4-3-5-15(17)12-14)19-6-11-25(22,23)21-7-9-24-10-8-21/h3-5,12H,2,6-11,13H2,1H3,(H2,18,19,20). The summed E-state index contributed by atoms with van der Waals surface area (Å²) in [5.41, 5.74) is 0.991. The van der Waals surface area contributed by atoms with Crippen LogP contribution in [0.4, 0.5) is 0 Å². The molecule has 0 amide bonds. The number of rotatable bonds is 7. The van der Waals surface area contributed by atoms with E-state index in [9.17, 15) is 8.42 Å². The quantitative estimate of drug-likeness (QED) is 0.539. The minimum Gasteiger partial charge on any atom is -0.379 e. The largest absolute Gasteiger partial charge is 0.379 e. The smallest absolute Gasteiger partial charge is 0.215 e. The molecule has 0 bridgehead atoms. The molecule has 1 aliphatic heterocycles. The van der Waals surface area contributed by atoms with Crippen LogP contribution in [0.1, 0.15) is 12.5 Å². The average Bonchev–Trinajstić information content (AvgIpc) is 2.60. The second-order valence-electron chi connectivity index (χ2n) is 5.58. The van der Waals surface area contributed by atoms with E-state index < -0.39 is 10.0 Å². The van der Waals surface area contributed by atoms with Gasteiger partial charge in [-0.1, -0.05) is 23.7 Å². The molecule has 9 heteroatoms. The molecule has 7 nitrogen and oxygen atoms in total. The van der Waals surface area contributed by atoms with Crippen molar-refractivity contribution in [3.8, 4) is 0 Å². The molecule has 0 radical (unpaired) electrons. The Balaban J connectivity index is 1.87. The Hall–Kier alpha value is -1.35. The van der Waals surface area contributed by atoms with Crippen LogP contribution in [-0.2, 0) is 21.3 Å². The highest BCUT2D eigenvalue weighted by atomic mass is 35.5. The zero-order valence-corrected chi connectivity index (χ0v) is 15.9. The van der Waals surface area contributed by atoms with E-state index in [1.165, 1.54) is 4.31 Å². The van der Waals surface area contributed by atoms with Crippen LogP contribution in [0.15, 0.2) is 29.3 Å². The van der Waals surface area contributed by atoms with Crippen LogP contribution >= 0.6 is 11.6 Å². The molecule has 0 atom stereocenters. The molecule has 25 heavy (non-hydrogen) atoms. The highest BCUT2D eigenvalue weighted by molar-refractivity contribution is 7.89. The maximum Gasteiger partial charge on any atom is 0.215 e. The van der Waals surface area contributed by atoms with Gasteiger partial charge in [-0.05, 0) is 24.6 Å². The fourth-order valence-electron chi connectivity index (χ4n) is 2.40. The highest BCUT2D eigenvalue weighted by Gasteiger charge is 2.23. The van der Waals surface area contributed by atoms with Crippen LogP contribution in [0.5, 0.6) is 0 Å². The van der Waals surface area contributed by atoms with Crippen molar-refractivity contribution in [3.05, 3.63) is 34.9 Å². The molecule has 1 aliphatic rings. The Bertz CT molecular complexity index is 676. The summed E-state index contributed by atoms with van der Waals surface area (Å²) in [5, 5.41) is 6.85. The minimum absolute atomic E-state index is 0.0224. The molecular formula is C16H25ClN4O3S. The highest BCUT2D eigenvalue weighted by Crippen LogP contribution is 2.11. The Labute approximate surface area is 154 Å². The van der Waals surface area contributed by atoms with Gasteiger partial charge in [-0.25, -0.2) is 13.4 Å². The van der Waals surface area contributed by atoms with Crippen LogP contribution < -0.4 is 10.6 Å². The second-order valence-corrected chi connectivity index (χ2v) is 8.10. The molecule has 140 valence electrons. The van der Waals surface area contributed by atoms with E-state index >= 15 is 0 Å². The van der Waals surface area contributed by atoms with Gasteiger partial charge in [0.05, 0.1) is 25.5 Å². The first-order valence-electron chi connectivity index (χ1n) is 8.33. The lowest BCUT2D eigenvalue weighted by Crippen LogP contribution is -2.45. The first kappa shape index (κ1) is 20.0. The number of morpholine rings is 1. The Kier molecular flexibility index (Phi) is 7.95. The summed E-state index contributed by atoms with van der Waals surface area (Å²) in [5.74, 6) is 0.605. The summed E-state index contributed by atoms with van der Waals surface area (Å²) in [6.45, 7) is 5.16. The molecule has 1 fully saturated rings. The zero-order valence-electron chi connectivity index (χ0n) is 14.4. The molecular weight excluding hydrogens is 364 g/mol. The van der Waals surface area contributed by atoms with Gasteiger partial charge in [0, 0.05) is 31.2 Å². The third-order valence-electron chi connectivity index (χ3n) is 3.67. The molecule has 2 N–H and O–H groups in total. The lowest BCUT2D eigenvalue weighted by atomic mass is 10.2. The van der Waals surface area contributed by atoms with Gasteiger partial charge in [-0.15, -0.1) is 0 Å². The fourth-order valence-corrected chi connectivity index (χ4v) is 3.94. The number of benzene rings is 1. The van der Waals surface area contributed by atoms with Crippen molar-refractivity contribution in [1.29, 1.82) is 0 Å². The predicted octanol–water partition coefficient (Wildman–Crippen LogP) is 1.06. The van der Waals surface area contributed by atoms with E-state index in [1.807, 2.05) is 31.2 Å². The Morgan fingerprint density at radius 1 is 1.32 bits per heavy atom. The monoisotopic (exact) mass is 388 g/mol. The van der Waals surface area contributed by atoms with Crippen molar-refractivity contribution in [2.75, 3.05) is 45.1 Å². The van der Waals surface area contributed by atoms with E-state index in [-0.39, 0.29) is 5.75 Å². The van der Waals surface area contributed by atoms with Gasteiger partial charge in [0.15, 0.2) is 5.96 Å². The van der Waals surface area contributed by atoms with Gasteiger partial charge >= 0.3 is 0 Å². The number of guanidine groups is 1. The number of nitrogens with one attached hydrogen (secondary N) is 2. The van der Waals surface area contributed by atoms with Crippen molar-refractivity contribution in [2.24, 2.45) is 4.99 Å². The molecule has 1 heterocycles. The van der Waals surface area contributed by atoms with E-state index in [1.54, 1.807) is 0 Å². The SMILES string of the molecule is CCNC(=NCc1cccc(Cl)c1)NCCS(=O)(=O)N1CCOCC1. The average molecular weight is 389 g/mol. The number of ether oxygens (including phenoxy) is 1. The first-order chi connectivity index (χ1) is 12.0. The van der Waals surface area contributed by atoms with Crippen LogP contribution in [0, 0.1) is 0 Å². The topological polar surface area (TPSA) is 83.0 Å². The summed E-state index contributed by atoms with van der Waals surface area (Å²) in [7, 11) is -3.28. The summed E-state index contributed by atoms with van der Waals surface area (Å²) in [6.07, 6.45) is 0.